The van der Waals surface area contributed by atoms with Gasteiger partial charge < -0.3 is 15.2 Å². The van der Waals surface area contributed by atoms with E-state index in [1.54, 1.807) is 0 Å². The van der Waals surface area contributed by atoms with Crippen LogP contribution in [0.5, 0.6) is 0 Å². The van der Waals surface area contributed by atoms with Crippen LogP contribution in [0.25, 0.3) is 0 Å². The van der Waals surface area contributed by atoms with Gasteiger partial charge in [-0.25, -0.2) is 0 Å². The Morgan fingerprint density at radius 1 is 1.19 bits per heavy atom. The van der Waals surface area contributed by atoms with Crippen LogP contribution >= 0.6 is 0 Å². The highest BCUT2D eigenvalue weighted by Crippen LogP contribution is 2.33. The molecule has 1 aromatic carbocycles. The monoisotopic (exact) mass is 353 g/mol. The molecule has 2 amide bonds. The van der Waals surface area contributed by atoms with Crippen molar-refractivity contribution in [1.82, 2.24) is 15.2 Å². The van der Waals surface area contributed by atoms with E-state index in [-0.39, 0.29) is 17.5 Å². The molecule has 0 radical (unpaired) electrons. The number of nitrogens with zero attached hydrogens (tertiary/aromatic N) is 1. The van der Waals surface area contributed by atoms with Crippen molar-refractivity contribution >= 4 is 11.8 Å². The van der Waals surface area contributed by atoms with Crippen molar-refractivity contribution < 1.29 is 9.59 Å². The Morgan fingerprint density at radius 2 is 1.92 bits per heavy atom. The van der Waals surface area contributed by atoms with Crippen molar-refractivity contribution in [1.29, 1.82) is 0 Å². The van der Waals surface area contributed by atoms with Gasteiger partial charge in [0.05, 0.1) is 12.1 Å². The van der Waals surface area contributed by atoms with Crippen LogP contribution in [0.2, 0.25) is 0 Å². The summed E-state index contributed by atoms with van der Waals surface area (Å²) < 4.78 is 1.42. The average Bonchev–Trinajstić information content (AvgIpc) is 3.41. The number of rotatable bonds is 6. The Kier molecular flexibility index (Phi) is 5.21. The minimum Gasteiger partial charge on any atom is -0.355 e. The maximum Gasteiger partial charge on any atom is 0.263 e. The van der Waals surface area contributed by atoms with Gasteiger partial charge in [-0.15, -0.1) is 0 Å². The van der Waals surface area contributed by atoms with Crippen molar-refractivity contribution in [3.05, 3.63) is 69.6 Å². The minimum atomic E-state index is -0.496. The molecular formula is C20H23N3O3. The summed E-state index contributed by atoms with van der Waals surface area (Å²) in [5.74, 6) is -0.227. The zero-order chi connectivity index (χ0) is 18.7. The van der Waals surface area contributed by atoms with Crippen LogP contribution in [0.1, 0.15) is 46.0 Å². The van der Waals surface area contributed by atoms with E-state index >= 15 is 0 Å². The first-order valence-electron chi connectivity index (χ1n) is 8.84. The van der Waals surface area contributed by atoms with Crippen molar-refractivity contribution in [3.8, 4) is 0 Å². The number of hydrogen-bond donors (Lipinski definition) is 2. The molecule has 1 heterocycles. The van der Waals surface area contributed by atoms with E-state index in [0.29, 0.717) is 18.0 Å². The number of pyridine rings is 1. The zero-order valence-electron chi connectivity index (χ0n) is 15.0. The van der Waals surface area contributed by atoms with Crippen molar-refractivity contribution in [2.45, 2.75) is 32.4 Å². The molecule has 2 N–H and O–H groups in total. The van der Waals surface area contributed by atoms with Gasteiger partial charge in [0.15, 0.2) is 0 Å². The predicted octanol–water partition coefficient (Wildman–Crippen LogP) is 1.78. The third-order valence-electron chi connectivity index (χ3n) is 4.78. The largest absolute Gasteiger partial charge is 0.355 e. The first-order chi connectivity index (χ1) is 12.5. The maximum absolute atomic E-state index is 12.7. The number of benzene rings is 1. The van der Waals surface area contributed by atoms with Crippen LogP contribution in [-0.2, 0) is 6.54 Å². The minimum absolute atomic E-state index is 0.0288. The number of nitrogens with one attached hydrogen (secondary N) is 2. The summed E-state index contributed by atoms with van der Waals surface area (Å²) in [6.07, 6.45) is 3.54. The lowest BCUT2D eigenvalue weighted by Gasteiger charge is -2.12. The molecule has 1 aliphatic rings. The summed E-state index contributed by atoms with van der Waals surface area (Å²) in [5, 5.41) is 5.44. The standard InChI is InChI=1S/C20H23N3O3/c1-3-14-10-17(14)22-18(24)15-9-16(19(25)21-2)20(26)23(12-15)11-13-7-5-4-6-8-13/h4-9,12,14,17H,3,10-11H2,1-2H3,(H,21,25)(H,22,24). The second-order valence-corrected chi connectivity index (χ2v) is 6.62. The Hall–Kier alpha value is -2.89. The lowest BCUT2D eigenvalue weighted by atomic mass is 10.1. The van der Waals surface area contributed by atoms with E-state index in [9.17, 15) is 14.4 Å². The lowest BCUT2D eigenvalue weighted by Crippen LogP contribution is -2.34. The van der Waals surface area contributed by atoms with Gasteiger partial charge in [0.25, 0.3) is 17.4 Å². The van der Waals surface area contributed by atoms with Crippen molar-refractivity contribution in [3.63, 3.8) is 0 Å². The molecule has 1 aliphatic carbocycles. The van der Waals surface area contributed by atoms with Crippen molar-refractivity contribution in [2.75, 3.05) is 7.05 Å². The van der Waals surface area contributed by atoms with Gasteiger partial charge in [-0.05, 0) is 24.0 Å². The van der Waals surface area contributed by atoms with E-state index in [2.05, 4.69) is 17.6 Å². The highest BCUT2D eigenvalue weighted by Gasteiger charge is 2.36. The topological polar surface area (TPSA) is 80.2 Å². The first kappa shape index (κ1) is 17.9. The molecule has 6 heteroatoms. The molecule has 2 aromatic rings. The van der Waals surface area contributed by atoms with E-state index in [1.165, 1.54) is 23.9 Å². The van der Waals surface area contributed by atoms with E-state index in [1.807, 2.05) is 30.3 Å². The predicted molar refractivity (Wildman–Crippen MR) is 99.3 cm³/mol. The first-order valence-corrected chi connectivity index (χ1v) is 8.84. The third-order valence-corrected chi connectivity index (χ3v) is 4.78. The second-order valence-electron chi connectivity index (χ2n) is 6.62. The summed E-state index contributed by atoms with van der Waals surface area (Å²) in [7, 11) is 1.46. The third kappa shape index (κ3) is 3.85. The number of carbonyl (C=O) groups is 2. The fourth-order valence-electron chi connectivity index (χ4n) is 3.08. The molecule has 0 spiro atoms. The van der Waals surface area contributed by atoms with Crippen LogP contribution in [0, 0.1) is 5.92 Å². The van der Waals surface area contributed by atoms with Crippen LogP contribution in [0.4, 0.5) is 0 Å². The van der Waals surface area contributed by atoms with Gasteiger partial charge in [-0.2, -0.15) is 0 Å². The van der Waals surface area contributed by atoms with Gasteiger partial charge >= 0.3 is 0 Å². The number of aromatic nitrogens is 1. The Morgan fingerprint density at radius 3 is 2.54 bits per heavy atom. The molecule has 136 valence electrons. The van der Waals surface area contributed by atoms with Crippen LogP contribution in [0.15, 0.2) is 47.4 Å². The average molecular weight is 353 g/mol. The molecule has 0 saturated heterocycles. The molecular weight excluding hydrogens is 330 g/mol. The highest BCUT2D eigenvalue weighted by molar-refractivity contribution is 5.99. The summed E-state index contributed by atoms with van der Waals surface area (Å²) in [6.45, 7) is 2.40. The van der Waals surface area contributed by atoms with Crippen LogP contribution in [0.3, 0.4) is 0 Å². The summed E-state index contributed by atoms with van der Waals surface area (Å²) in [6, 6.07) is 11.0. The Labute approximate surface area is 152 Å². The van der Waals surface area contributed by atoms with Gasteiger partial charge in [-0.1, -0.05) is 43.7 Å². The molecule has 1 saturated carbocycles. The molecule has 3 rings (SSSR count). The summed E-state index contributed by atoms with van der Waals surface area (Å²) in [4.78, 5) is 37.3. The fourth-order valence-corrected chi connectivity index (χ4v) is 3.08. The lowest BCUT2D eigenvalue weighted by molar-refractivity contribution is 0.0948. The van der Waals surface area contributed by atoms with Gasteiger partial charge in [-0.3, -0.25) is 14.4 Å². The SMILES string of the molecule is CCC1CC1NC(=O)c1cc(C(=O)NC)c(=O)n(Cc2ccccc2)c1. The fraction of sp³-hybridized carbons (Fsp3) is 0.350. The van der Waals surface area contributed by atoms with Gasteiger partial charge in [0.1, 0.15) is 5.56 Å². The summed E-state index contributed by atoms with van der Waals surface area (Å²) >= 11 is 0. The molecule has 26 heavy (non-hydrogen) atoms. The molecule has 0 bridgehead atoms. The molecule has 1 fully saturated rings. The molecule has 2 atom stereocenters. The van der Waals surface area contributed by atoms with E-state index in [0.717, 1.165) is 18.4 Å². The molecule has 6 nitrogen and oxygen atoms in total. The number of hydrogen-bond acceptors (Lipinski definition) is 3. The Balaban J connectivity index is 1.93. The van der Waals surface area contributed by atoms with E-state index < -0.39 is 11.5 Å². The second kappa shape index (κ2) is 7.56. The van der Waals surface area contributed by atoms with E-state index in [4.69, 9.17) is 0 Å². The van der Waals surface area contributed by atoms with Gasteiger partial charge in [0.2, 0.25) is 0 Å². The van der Waals surface area contributed by atoms with Gasteiger partial charge in [0, 0.05) is 19.3 Å². The molecule has 0 aliphatic heterocycles. The number of carbonyl (C=O) groups excluding carboxylic acids is 2. The smallest absolute Gasteiger partial charge is 0.263 e. The maximum atomic E-state index is 12.7. The highest BCUT2D eigenvalue weighted by atomic mass is 16.2. The molecule has 1 aromatic heterocycles. The van der Waals surface area contributed by atoms with Crippen LogP contribution < -0.4 is 16.2 Å². The Bertz CT molecular complexity index is 874. The number of amides is 2. The zero-order valence-corrected chi connectivity index (χ0v) is 15.0. The summed E-state index contributed by atoms with van der Waals surface area (Å²) in [5.41, 5.74) is 0.797. The quantitative estimate of drug-likeness (QED) is 0.831. The van der Waals surface area contributed by atoms with Crippen molar-refractivity contribution in [2.24, 2.45) is 5.92 Å². The van der Waals surface area contributed by atoms with Crippen LogP contribution in [-0.4, -0.2) is 29.5 Å². The molecule has 2 unspecified atom stereocenters. The normalized spacial score (nSPS) is 18.2.